The first-order valence-corrected chi connectivity index (χ1v) is 13.9. The van der Waals surface area contributed by atoms with E-state index in [2.05, 4.69) is 40.8 Å². The summed E-state index contributed by atoms with van der Waals surface area (Å²) in [5.41, 5.74) is -1.74. The van der Waals surface area contributed by atoms with Crippen molar-refractivity contribution < 1.29 is 28.6 Å². The molecule has 1 rings (SSSR count). The van der Waals surface area contributed by atoms with Gasteiger partial charge in [-0.2, -0.15) is 0 Å². The number of unbranched alkanes of at least 4 members (excludes halogenated alkanes) is 1. The van der Waals surface area contributed by atoms with Gasteiger partial charge in [-0.15, -0.1) is 0 Å². The second-order valence-corrected chi connectivity index (χ2v) is 15.7. The van der Waals surface area contributed by atoms with Crippen LogP contribution in [0.3, 0.4) is 0 Å². The predicted molar refractivity (Wildman–Crippen MR) is 120 cm³/mol. The third-order valence-electron chi connectivity index (χ3n) is 6.11. The lowest BCUT2D eigenvalue weighted by molar-refractivity contribution is -0.180. The third kappa shape index (κ3) is 6.95. The molecule has 1 fully saturated rings. The first kappa shape index (κ1) is 26.9. The molecule has 0 aromatic carbocycles. The summed E-state index contributed by atoms with van der Waals surface area (Å²) in [6, 6.07) is 0. The molecule has 1 atom stereocenters. The molecule has 0 aromatic heterocycles. The highest BCUT2D eigenvalue weighted by Gasteiger charge is 2.58. The van der Waals surface area contributed by atoms with Crippen LogP contribution in [0.2, 0.25) is 18.1 Å². The molecule has 30 heavy (non-hydrogen) atoms. The summed E-state index contributed by atoms with van der Waals surface area (Å²) >= 11 is 0. The molecule has 7 nitrogen and oxygen atoms in total. The van der Waals surface area contributed by atoms with Crippen LogP contribution in [0.25, 0.3) is 0 Å². The summed E-state index contributed by atoms with van der Waals surface area (Å²) in [6.07, 6.45) is 1.33. The van der Waals surface area contributed by atoms with Crippen LogP contribution in [-0.4, -0.2) is 68.4 Å². The van der Waals surface area contributed by atoms with Crippen molar-refractivity contribution in [1.29, 1.82) is 0 Å². The van der Waals surface area contributed by atoms with Gasteiger partial charge in [0.1, 0.15) is 11.0 Å². The molecule has 1 N–H and O–H groups in total. The monoisotopic (exact) mass is 445 g/mol. The minimum atomic E-state index is -1.93. The van der Waals surface area contributed by atoms with Crippen molar-refractivity contribution in [2.45, 2.75) is 97.6 Å². The standard InChI is InChI=1S/C22H43NO6Si/c1-10-11-13-27-17(12-14-28-30(8,9)21(5,6)7)22(18(24)25)15-23(16-22)19(26)29-20(2,3)4/h17H,10-16H2,1-9H3,(H,24,25). The Morgan fingerprint density at radius 2 is 1.67 bits per heavy atom. The average Bonchev–Trinajstić information content (AvgIpc) is 2.50. The minimum absolute atomic E-state index is 0.0834. The van der Waals surface area contributed by atoms with Gasteiger partial charge in [-0.25, -0.2) is 4.79 Å². The lowest BCUT2D eigenvalue weighted by atomic mass is 9.73. The smallest absolute Gasteiger partial charge is 0.410 e. The SMILES string of the molecule is CCCCOC(CCO[Si](C)(C)C(C)(C)C)C1(C(=O)O)CN(C(=O)OC(C)(C)C)C1. The van der Waals surface area contributed by atoms with Crippen molar-refractivity contribution in [2.75, 3.05) is 26.3 Å². The van der Waals surface area contributed by atoms with E-state index in [0.29, 0.717) is 19.6 Å². The topological polar surface area (TPSA) is 85.3 Å². The fourth-order valence-electron chi connectivity index (χ4n) is 3.09. The molecule has 0 aromatic rings. The molecule has 176 valence electrons. The number of carboxylic acids is 1. The Morgan fingerprint density at radius 3 is 2.10 bits per heavy atom. The molecule has 1 saturated heterocycles. The zero-order chi connectivity index (χ0) is 23.4. The highest BCUT2D eigenvalue weighted by Crippen LogP contribution is 2.40. The van der Waals surface area contributed by atoms with Crippen molar-refractivity contribution in [3.8, 4) is 0 Å². The molecule has 1 aliphatic heterocycles. The average molecular weight is 446 g/mol. The molecule has 0 aliphatic carbocycles. The van der Waals surface area contributed by atoms with E-state index in [4.69, 9.17) is 13.9 Å². The van der Waals surface area contributed by atoms with Crippen LogP contribution in [0.4, 0.5) is 4.79 Å². The van der Waals surface area contributed by atoms with Gasteiger partial charge in [0.05, 0.1) is 6.10 Å². The Morgan fingerprint density at radius 1 is 1.10 bits per heavy atom. The molecule has 0 saturated carbocycles. The van der Waals surface area contributed by atoms with E-state index in [1.165, 1.54) is 4.90 Å². The Bertz CT molecular complexity index is 587. The Balaban J connectivity index is 2.87. The number of nitrogens with zero attached hydrogens (tertiary/aromatic N) is 1. The van der Waals surface area contributed by atoms with Gasteiger partial charge in [-0.3, -0.25) is 4.79 Å². The van der Waals surface area contributed by atoms with E-state index in [-0.39, 0.29) is 18.1 Å². The Kier molecular flexibility index (Phi) is 8.97. The predicted octanol–water partition coefficient (Wildman–Crippen LogP) is 4.91. The van der Waals surface area contributed by atoms with E-state index in [0.717, 1.165) is 12.8 Å². The fraction of sp³-hybridized carbons (Fsp3) is 0.909. The van der Waals surface area contributed by atoms with Gasteiger partial charge in [0.15, 0.2) is 8.32 Å². The number of amides is 1. The maximum Gasteiger partial charge on any atom is 0.410 e. The maximum absolute atomic E-state index is 12.3. The number of aliphatic carboxylic acids is 1. The van der Waals surface area contributed by atoms with Crippen molar-refractivity contribution in [2.24, 2.45) is 5.41 Å². The molecule has 0 spiro atoms. The van der Waals surface area contributed by atoms with Crippen molar-refractivity contribution >= 4 is 20.4 Å². The van der Waals surface area contributed by atoms with Gasteiger partial charge >= 0.3 is 12.1 Å². The van der Waals surface area contributed by atoms with Gasteiger partial charge < -0.3 is 23.9 Å². The fourth-order valence-corrected chi connectivity index (χ4v) is 4.15. The van der Waals surface area contributed by atoms with Crippen LogP contribution in [0, 0.1) is 5.41 Å². The molecular weight excluding hydrogens is 402 g/mol. The molecule has 1 unspecified atom stereocenters. The first-order valence-electron chi connectivity index (χ1n) is 11.0. The first-order chi connectivity index (χ1) is 13.6. The van der Waals surface area contributed by atoms with Crippen LogP contribution >= 0.6 is 0 Å². The normalized spacial score (nSPS) is 18.0. The molecule has 0 radical (unpaired) electrons. The van der Waals surface area contributed by atoms with E-state index in [1.54, 1.807) is 20.8 Å². The molecule has 8 heteroatoms. The highest BCUT2D eigenvalue weighted by molar-refractivity contribution is 6.74. The van der Waals surface area contributed by atoms with E-state index in [9.17, 15) is 14.7 Å². The summed E-state index contributed by atoms with van der Waals surface area (Å²) in [5, 5.41) is 10.1. The molecule has 1 heterocycles. The number of carbonyl (C=O) groups is 2. The van der Waals surface area contributed by atoms with Crippen LogP contribution in [0.15, 0.2) is 0 Å². The molecular formula is C22H43NO6Si. The van der Waals surface area contributed by atoms with Crippen LogP contribution in [0.5, 0.6) is 0 Å². The maximum atomic E-state index is 12.3. The quantitative estimate of drug-likeness (QED) is 0.380. The number of carboxylic acid groups (broad SMARTS) is 1. The number of rotatable bonds is 10. The third-order valence-corrected chi connectivity index (χ3v) is 10.6. The molecule has 1 aliphatic rings. The van der Waals surface area contributed by atoms with Crippen LogP contribution in [0.1, 0.15) is 67.7 Å². The second kappa shape index (κ2) is 10.00. The minimum Gasteiger partial charge on any atom is -0.481 e. The second-order valence-electron chi connectivity index (χ2n) is 10.9. The molecule has 1 amide bonds. The van der Waals surface area contributed by atoms with Crippen molar-refractivity contribution in [1.82, 2.24) is 4.90 Å². The van der Waals surface area contributed by atoms with Gasteiger partial charge in [0, 0.05) is 26.3 Å². The molecule has 0 bridgehead atoms. The van der Waals surface area contributed by atoms with Gasteiger partial charge in [-0.05, 0) is 51.7 Å². The van der Waals surface area contributed by atoms with Gasteiger partial charge in [0.2, 0.25) is 0 Å². The van der Waals surface area contributed by atoms with Crippen LogP contribution in [-0.2, 0) is 18.7 Å². The van der Waals surface area contributed by atoms with Crippen LogP contribution < -0.4 is 0 Å². The van der Waals surface area contributed by atoms with E-state index < -0.39 is 37.5 Å². The number of hydrogen-bond donors (Lipinski definition) is 1. The summed E-state index contributed by atoms with van der Waals surface area (Å²) in [6.45, 7) is 19.5. The largest absolute Gasteiger partial charge is 0.481 e. The number of ether oxygens (including phenoxy) is 2. The number of likely N-dealkylation sites (tertiary alicyclic amines) is 1. The van der Waals surface area contributed by atoms with E-state index >= 15 is 0 Å². The van der Waals surface area contributed by atoms with Crippen molar-refractivity contribution in [3.63, 3.8) is 0 Å². The van der Waals surface area contributed by atoms with Crippen molar-refractivity contribution in [3.05, 3.63) is 0 Å². The zero-order valence-electron chi connectivity index (χ0n) is 20.5. The summed E-state index contributed by atoms with van der Waals surface area (Å²) < 4.78 is 17.7. The highest BCUT2D eigenvalue weighted by atomic mass is 28.4. The summed E-state index contributed by atoms with van der Waals surface area (Å²) in [5.74, 6) is -0.934. The summed E-state index contributed by atoms with van der Waals surface area (Å²) in [7, 11) is -1.93. The Hall–Kier alpha value is -1.12. The van der Waals surface area contributed by atoms with Gasteiger partial charge in [-0.1, -0.05) is 34.1 Å². The van der Waals surface area contributed by atoms with Gasteiger partial charge in [0.25, 0.3) is 0 Å². The number of carbonyl (C=O) groups excluding carboxylic acids is 1. The van der Waals surface area contributed by atoms with E-state index in [1.807, 2.05) is 0 Å². The number of hydrogen-bond acceptors (Lipinski definition) is 5. The lowest BCUT2D eigenvalue weighted by Crippen LogP contribution is -2.68. The Labute approximate surface area is 183 Å². The summed E-state index contributed by atoms with van der Waals surface area (Å²) in [4.78, 5) is 26.0. The lowest BCUT2D eigenvalue weighted by Gasteiger charge is -2.50. The zero-order valence-corrected chi connectivity index (χ0v) is 21.5.